The number of aryl methyl sites for hydroxylation is 1. The fourth-order valence-electron chi connectivity index (χ4n) is 4.51. The molecular weight excluding hydrogens is 342 g/mol. The molecular formula is C21H31N3O3. The average molecular weight is 373 g/mol. The molecule has 2 amide bonds. The number of carbonyl (C=O) groups is 2. The van der Waals surface area contributed by atoms with Gasteiger partial charge in [-0.25, -0.2) is 4.79 Å². The second-order valence-corrected chi connectivity index (χ2v) is 7.99. The van der Waals surface area contributed by atoms with Gasteiger partial charge in [-0.15, -0.1) is 0 Å². The van der Waals surface area contributed by atoms with Crippen LogP contribution < -0.4 is 5.32 Å². The van der Waals surface area contributed by atoms with Gasteiger partial charge in [0.05, 0.1) is 12.6 Å². The third-order valence-electron chi connectivity index (χ3n) is 6.04. The first-order chi connectivity index (χ1) is 12.9. The number of amides is 2. The summed E-state index contributed by atoms with van der Waals surface area (Å²) in [5.41, 5.74) is 3.81. The van der Waals surface area contributed by atoms with Crippen LogP contribution in [0, 0.1) is 12.8 Å². The summed E-state index contributed by atoms with van der Waals surface area (Å²) in [6.45, 7) is 8.41. The molecule has 1 fully saturated rings. The molecule has 2 atom stereocenters. The number of benzene rings is 1. The van der Waals surface area contributed by atoms with Gasteiger partial charge < -0.3 is 15.3 Å². The Balaban J connectivity index is 1.58. The lowest BCUT2D eigenvalue weighted by Crippen LogP contribution is -2.51. The summed E-state index contributed by atoms with van der Waals surface area (Å²) in [7, 11) is 0. The highest BCUT2D eigenvalue weighted by Crippen LogP contribution is 2.36. The van der Waals surface area contributed by atoms with Crippen molar-refractivity contribution in [3.05, 3.63) is 34.9 Å². The molecule has 6 heteroatoms. The largest absolute Gasteiger partial charge is 0.480 e. The van der Waals surface area contributed by atoms with Crippen LogP contribution in [0.25, 0.3) is 0 Å². The fraction of sp³-hybridized carbons (Fsp3) is 0.619. The van der Waals surface area contributed by atoms with E-state index >= 15 is 0 Å². The Kier molecular flexibility index (Phi) is 6.05. The summed E-state index contributed by atoms with van der Waals surface area (Å²) in [5, 5.41) is 12.3. The quantitative estimate of drug-likeness (QED) is 0.832. The summed E-state index contributed by atoms with van der Waals surface area (Å²) in [6.07, 6.45) is 2.65. The Hall–Kier alpha value is -2.08. The molecule has 2 aliphatic rings. The molecule has 6 nitrogen and oxygen atoms in total. The van der Waals surface area contributed by atoms with Crippen LogP contribution in [0.15, 0.2) is 18.2 Å². The number of carboxylic acid groups (broad SMARTS) is 1. The third kappa shape index (κ3) is 4.43. The number of hydrogen-bond acceptors (Lipinski definition) is 3. The van der Waals surface area contributed by atoms with Crippen molar-refractivity contribution in [2.24, 2.45) is 5.92 Å². The molecule has 0 bridgehead atoms. The number of likely N-dealkylation sites (N-methyl/N-ethyl adjacent to an activating group) is 1. The van der Waals surface area contributed by atoms with Gasteiger partial charge in [-0.2, -0.15) is 0 Å². The van der Waals surface area contributed by atoms with Crippen molar-refractivity contribution < 1.29 is 14.7 Å². The van der Waals surface area contributed by atoms with Crippen LogP contribution in [0.4, 0.5) is 4.79 Å². The molecule has 3 rings (SSSR count). The first-order valence-electron chi connectivity index (χ1n) is 9.99. The van der Waals surface area contributed by atoms with Gasteiger partial charge in [0.1, 0.15) is 0 Å². The van der Waals surface area contributed by atoms with E-state index in [2.05, 4.69) is 37.4 Å². The number of carbonyl (C=O) groups excluding carboxylic acids is 1. The number of urea groups is 1. The summed E-state index contributed by atoms with van der Waals surface area (Å²) in [4.78, 5) is 27.7. The summed E-state index contributed by atoms with van der Waals surface area (Å²) in [6, 6.07) is 6.83. The predicted molar refractivity (Wildman–Crippen MR) is 105 cm³/mol. The SMILES string of the molecule is CCN(CC(=O)O)C1CCN(C(=O)NC2c3cc(C)ccc3CC2C)CC1. The normalized spacial score (nSPS) is 22.7. The molecule has 0 spiro atoms. The Morgan fingerprint density at radius 2 is 2.00 bits per heavy atom. The Morgan fingerprint density at radius 3 is 2.63 bits per heavy atom. The number of rotatable bonds is 5. The molecule has 0 aromatic heterocycles. The molecule has 148 valence electrons. The van der Waals surface area contributed by atoms with Gasteiger partial charge in [0, 0.05) is 19.1 Å². The standard InChI is InChI=1S/C21H31N3O3/c1-4-23(13-19(25)26)17-7-9-24(10-8-17)21(27)22-20-15(3)12-16-6-5-14(2)11-18(16)20/h5-6,11,15,17,20H,4,7-10,12-13H2,1-3H3,(H,22,27)(H,25,26). The van der Waals surface area contributed by atoms with E-state index in [1.165, 1.54) is 16.7 Å². The maximum atomic E-state index is 12.8. The Morgan fingerprint density at radius 1 is 1.30 bits per heavy atom. The van der Waals surface area contributed by atoms with Crippen LogP contribution in [0.1, 0.15) is 49.4 Å². The van der Waals surface area contributed by atoms with Crippen molar-refractivity contribution in [3.8, 4) is 0 Å². The first kappa shape index (κ1) is 19.7. The molecule has 0 radical (unpaired) electrons. The van der Waals surface area contributed by atoms with Gasteiger partial charge >= 0.3 is 12.0 Å². The van der Waals surface area contributed by atoms with Gasteiger partial charge in [0.15, 0.2) is 0 Å². The van der Waals surface area contributed by atoms with Crippen LogP contribution in [0.2, 0.25) is 0 Å². The summed E-state index contributed by atoms with van der Waals surface area (Å²) < 4.78 is 0. The van der Waals surface area contributed by atoms with Crippen LogP contribution in [0.5, 0.6) is 0 Å². The van der Waals surface area contributed by atoms with Gasteiger partial charge in [-0.05, 0) is 49.8 Å². The summed E-state index contributed by atoms with van der Waals surface area (Å²) in [5.74, 6) is -0.393. The Bertz CT molecular complexity index is 698. The molecule has 0 saturated carbocycles. The molecule has 2 unspecified atom stereocenters. The maximum Gasteiger partial charge on any atom is 0.317 e. The van der Waals surface area contributed by atoms with E-state index < -0.39 is 5.97 Å². The van der Waals surface area contributed by atoms with Crippen molar-refractivity contribution in [2.75, 3.05) is 26.2 Å². The second kappa shape index (κ2) is 8.30. The zero-order valence-corrected chi connectivity index (χ0v) is 16.6. The number of nitrogens with one attached hydrogen (secondary N) is 1. The van der Waals surface area contributed by atoms with Crippen LogP contribution >= 0.6 is 0 Å². The first-order valence-corrected chi connectivity index (χ1v) is 9.99. The summed E-state index contributed by atoms with van der Waals surface area (Å²) >= 11 is 0. The monoisotopic (exact) mass is 373 g/mol. The Labute approximate surface area is 161 Å². The van der Waals surface area contributed by atoms with E-state index in [0.29, 0.717) is 19.0 Å². The lowest BCUT2D eigenvalue weighted by molar-refractivity contribution is -0.139. The van der Waals surface area contributed by atoms with Crippen molar-refractivity contribution in [1.82, 2.24) is 15.1 Å². The molecule has 1 aliphatic heterocycles. The predicted octanol–water partition coefficient (Wildman–Crippen LogP) is 2.81. The second-order valence-electron chi connectivity index (χ2n) is 7.99. The van der Waals surface area contributed by atoms with E-state index in [4.69, 9.17) is 5.11 Å². The molecule has 1 aliphatic carbocycles. The lowest BCUT2D eigenvalue weighted by atomic mass is 10.0. The molecule has 1 saturated heterocycles. The average Bonchev–Trinajstić information content (AvgIpc) is 2.94. The number of piperidine rings is 1. The molecule has 27 heavy (non-hydrogen) atoms. The third-order valence-corrected chi connectivity index (χ3v) is 6.04. The molecule has 1 aromatic carbocycles. The van der Waals surface area contributed by atoms with Gasteiger partial charge in [-0.3, -0.25) is 9.69 Å². The topological polar surface area (TPSA) is 72.9 Å². The number of hydrogen-bond donors (Lipinski definition) is 2. The van der Waals surface area contributed by atoms with Gasteiger partial charge in [0.25, 0.3) is 0 Å². The minimum absolute atomic E-state index is 0.000870. The highest BCUT2D eigenvalue weighted by Gasteiger charge is 2.33. The van der Waals surface area contributed by atoms with E-state index in [1.807, 2.05) is 16.7 Å². The zero-order chi connectivity index (χ0) is 19.6. The molecule has 2 N–H and O–H groups in total. The highest BCUT2D eigenvalue weighted by molar-refractivity contribution is 5.75. The lowest BCUT2D eigenvalue weighted by Gasteiger charge is -2.38. The minimum atomic E-state index is -0.791. The van der Waals surface area contributed by atoms with Gasteiger partial charge in [0.2, 0.25) is 0 Å². The number of likely N-dealkylation sites (tertiary alicyclic amines) is 1. The van der Waals surface area contributed by atoms with E-state index in [1.54, 1.807) is 0 Å². The van der Waals surface area contributed by atoms with Crippen molar-refractivity contribution >= 4 is 12.0 Å². The molecule has 1 aromatic rings. The minimum Gasteiger partial charge on any atom is -0.480 e. The van der Waals surface area contributed by atoms with Crippen LogP contribution in [-0.2, 0) is 11.2 Å². The van der Waals surface area contributed by atoms with Crippen molar-refractivity contribution in [2.45, 2.75) is 52.1 Å². The van der Waals surface area contributed by atoms with E-state index in [0.717, 1.165) is 25.8 Å². The van der Waals surface area contributed by atoms with Gasteiger partial charge in [-0.1, -0.05) is 37.6 Å². The van der Waals surface area contributed by atoms with E-state index in [9.17, 15) is 9.59 Å². The zero-order valence-electron chi connectivity index (χ0n) is 16.6. The maximum absolute atomic E-state index is 12.8. The van der Waals surface area contributed by atoms with Crippen LogP contribution in [0.3, 0.4) is 0 Å². The van der Waals surface area contributed by atoms with Crippen molar-refractivity contribution in [3.63, 3.8) is 0 Å². The highest BCUT2D eigenvalue weighted by atomic mass is 16.4. The number of fused-ring (bicyclic) bond motifs is 1. The van der Waals surface area contributed by atoms with Crippen LogP contribution in [-0.4, -0.2) is 59.1 Å². The van der Waals surface area contributed by atoms with Crippen molar-refractivity contribution in [1.29, 1.82) is 0 Å². The molecule has 1 heterocycles. The fourth-order valence-corrected chi connectivity index (χ4v) is 4.51. The number of aliphatic carboxylic acids is 1. The number of carboxylic acids is 1. The van der Waals surface area contributed by atoms with E-state index in [-0.39, 0.29) is 24.7 Å². The smallest absolute Gasteiger partial charge is 0.317 e. The number of nitrogens with zero attached hydrogens (tertiary/aromatic N) is 2.